The Bertz CT molecular complexity index is 656. The van der Waals surface area contributed by atoms with Gasteiger partial charge in [0, 0.05) is 6.54 Å². The van der Waals surface area contributed by atoms with Gasteiger partial charge >= 0.3 is 0 Å². The van der Waals surface area contributed by atoms with E-state index in [2.05, 4.69) is 19.2 Å². The lowest BCUT2D eigenvalue weighted by atomic mass is 10.0. The maximum atomic E-state index is 12.1. The van der Waals surface area contributed by atoms with Crippen molar-refractivity contribution < 1.29 is 9.53 Å². The van der Waals surface area contributed by atoms with Gasteiger partial charge in [-0.2, -0.15) is 0 Å². The standard InChI is InChI=1S/C21H28N2O2/c1-16(2)12-20(22)21(24)23-13-18-10-6-7-11-19(18)15-25-14-17-8-4-3-5-9-17/h3-11,16,20H,12-15,22H2,1-2H3,(H,23,24)/t20-/m0/s1. The molecule has 0 heterocycles. The van der Waals surface area contributed by atoms with Crippen LogP contribution in [0.4, 0.5) is 0 Å². The summed E-state index contributed by atoms with van der Waals surface area (Å²) in [6, 6.07) is 17.6. The Hall–Kier alpha value is -2.17. The first-order valence-electron chi connectivity index (χ1n) is 8.78. The van der Waals surface area contributed by atoms with E-state index in [0.717, 1.165) is 16.7 Å². The average Bonchev–Trinajstić information content (AvgIpc) is 2.61. The lowest BCUT2D eigenvalue weighted by Gasteiger charge is -2.15. The van der Waals surface area contributed by atoms with Gasteiger partial charge in [0.1, 0.15) is 0 Å². The first-order valence-corrected chi connectivity index (χ1v) is 8.78. The van der Waals surface area contributed by atoms with Crippen LogP contribution in [0.1, 0.15) is 37.0 Å². The normalized spacial score (nSPS) is 12.2. The molecule has 2 rings (SSSR count). The number of carbonyl (C=O) groups is 1. The lowest BCUT2D eigenvalue weighted by molar-refractivity contribution is -0.122. The molecule has 0 unspecified atom stereocenters. The van der Waals surface area contributed by atoms with Crippen LogP contribution in [0.5, 0.6) is 0 Å². The molecule has 0 bridgehead atoms. The number of hydrogen-bond acceptors (Lipinski definition) is 3. The van der Waals surface area contributed by atoms with Crippen molar-refractivity contribution in [3.63, 3.8) is 0 Å². The summed E-state index contributed by atoms with van der Waals surface area (Å²) in [6.45, 7) is 5.67. The highest BCUT2D eigenvalue weighted by molar-refractivity contribution is 5.81. The Kier molecular flexibility index (Phi) is 7.64. The predicted molar refractivity (Wildman–Crippen MR) is 101 cm³/mol. The third-order valence-corrected chi connectivity index (χ3v) is 4.00. The zero-order valence-corrected chi connectivity index (χ0v) is 15.1. The Labute approximate surface area is 150 Å². The zero-order chi connectivity index (χ0) is 18.1. The lowest BCUT2D eigenvalue weighted by Crippen LogP contribution is -2.41. The van der Waals surface area contributed by atoms with Gasteiger partial charge in [-0.3, -0.25) is 4.79 Å². The first-order chi connectivity index (χ1) is 12.1. The number of nitrogens with one attached hydrogen (secondary N) is 1. The third-order valence-electron chi connectivity index (χ3n) is 4.00. The first kappa shape index (κ1) is 19.2. The fourth-order valence-electron chi connectivity index (χ4n) is 2.65. The maximum absolute atomic E-state index is 12.1. The monoisotopic (exact) mass is 340 g/mol. The quantitative estimate of drug-likeness (QED) is 0.735. The van der Waals surface area contributed by atoms with Gasteiger partial charge in [-0.1, -0.05) is 68.4 Å². The number of rotatable bonds is 9. The predicted octanol–water partition coefficient (Wildman–Crippen LogP) is 3.39. The van der Waals surface area contributed by atoms with Crippen LogP contribution >= 0.6 is 0 Å². The molecule has 0 radical (unpaired) electrons. The number of nitrogens with two attached hydrogens (primary N) is 1. The number of benzene rings is 2. The van der Waals surface area contributed by atoms with Crippen molar-refractivity contribution in [2.75, 3.05) is 0 Å². The number of carbonyl (C=O) groups excluding carboxylic acids is 1. The Morgan fingerprint density at radius 2 is 1.64 bits per heavy atom. The van der Waals surface area contributed by atoms with E-state index < -0.39 is 6.04 Å². The topological polar surface area (TPSA) is 64.4 Å². The number of hydrogen-bond donors (Lipinski definition) is 2. The molecular formula is C21H28N2O2. The minimum atomic E-state index is -0.457. The summed E-state index contributed by atoms with van der Waals surface area (Å²) in [5, 5.41) is 2.93. The summed E-state index contributed by atoms with van der Waals surface area (Å²) < 4.78 is 5.82. The van der Waals surface area contributed by atoms with Crippen LogP contribution in [0, 0.1) is 5.92 Å². The highest BCUT2D eigenvalue weighted by Gasteiger charge is 2.15. The summed E-state index contributed by atoms with van der Waals surface area (Å²) in [7, 11) is 0. The Balaban J connectivity index is 1.86. The minimum absolute atomic E-state index is 0.103. The van der Waals surface area contributed by atoms with Gasteiger partial charge in [0.25, 0.3) is 0 Å². The highest BCUT2D eigenvalue weighted by Crippen LogP contribution is 2.12. The molecule has 25 heavy (non-hydrogen) atoms. The molecule has 4 nitrogen and oxygen atoms in total. The van der Waals surface area contributed by atoms with Gasteiger partial charge in [0.15, 0.2) is 0 Å². The van der Waals surface area contributed by atoms with Gasteiger partial charge in [-0.05, 0) is 29.0 Å². The van der Waals surface area contributed by atoms with Crippen LogP contribution in [0.15, 0.2) is 54.6 Å². The molecule has 3 N–H and O–H groups in total. The van der Waals surface area contributed by atoms with E-state index in [1.165, 1.54) is 0 Å². The van der Waals surface area contributed by atoms with E-state index in [9.17, 15) is 4.79 Å². The third kappa shape index (κ3) is 6.69. The second-order valence-corrected chi connectivity index (χ2v) is 6.70. The van der Waals surface area contributed by atoms with Crippen LogP contribution in [-0.2, 0) is 29.3 Å². The summed E-state index contributed by atoms with van der Waals surface area (Å²) in [5.74, 6) is 0.299. The van der Waals surface area contributed by atoms with Crippen molar-refractivity contribution in [3.8, 4) is 0 Å². The molecule has 1 atom stereocenters. The molecule has 2 aromatic carbocycles. The molecule has 0 fully saturated rings. The van der Waals surface area contributed by atoms with Gasteiger partial charge in [0.05, 0.1) is 19.3 Å². The molecular weight excluding hydrogens is 312 g/mol. The molecule has 1 amide bonds. The van der Waals surface area contributed by atoms with Crippen molar-refractivity contribution in [2.24, 2.45) is 11.7 Å². The van der Waals surface area contributed by atoms with Crippen molar-refractivity contribution in [1.29, 1.82) is 0 Å². The van der Waals surface area contributed by atoms with Crippen LogP contribution in [0.3, 0.4) is 0 Å². The van der Waals surface area contributed by atoms with Gasteiger partial charge in [-0.25, -0.2) is 0 Å². The van der Waals surface area contributed by atoms with E-state index in [0.29, 0.717) is 32.1 Å². The smallest absolute Gasteiger partial charge is 0.237 e. The van der Waals surface area contributed by atoms with Crippen molar-refractivity contribution >= 4 is 5.91 Å². The van der Waals surface area contributed by atoms with E-state index in [-0.39, 0.29) is 5.91 Å². The Morgan fingerprint density at radius 1 is 1.00 bits per heavy atom. The fraction of sp³-hybridized carbons (Fsp3) is 0.381. The maximum Gasteiger partial charge on any atom is 0.237 e. The second kappa shape index (κ2) is 9.97. The summed E-state index contributed by atoms with van der Waals surface area (Å²) in [4.78, 5) is 12.1. The summed E-state index contributed by atoms with van der Waals surface area (Å²) >= 11 is 0. The van der Waals surface area contributed by atoms with E-state index in [4.69, 9.17) is 10.5 Å². The molecule has 2 aromatic rings. The van der Waals surface area contributed by atoms with Crippen LogP contribution in [0.25, 0.3) is 0 Å². The fourth-order valence-corrected chi connectivity index (χ4v) is 2.65. The van der Waals surface area contributed by atoms with Crippen molar-refractivity contribution in [1.82, 2.24) is 5.32 Å². The summed E-state index contributed by atoms with van der Waals surface area (Å²) in [5.41, 5.74) is 9.21. The van der Waals surface area contributed by atoms with Gasteiger partial charge in [0.2, 0.25) is 5.91 Å². The summed E-state index contributed by atoms with van der Waals surface area (Å²) in [6.07, 6.45) is 0.688. The zero-order valence-electron chi connectivity index (χ0n) is 15.1. The molecule has 0 saturated carbocycles. The molecule has 0 spiro atoms. The Morgan fingerprint density at radius 3 is 2.32 bits per heavy atom. The van der Waals surface area contributed by atoms with Crippen LogP contribution < -0.4 is 11.1 Å². The van der Waals surface area contributed by atoms with Gasteiger partial charge < -0.3 is 15.8 Å². The van der Waals surface area contributed by atoms with E-state index >= 15 is 0 Å². The highest BCUT2D eigenvalue weighted by atomic mass is 16.5. The molecule has 0 aromatic heterocycles. The van der Waals surface area contributed by atoms with Gasteiger partial charge in [-0.15, -0.1) is 0 Å². The number of ether oxygens (including phenoxy) is 1. The largest absolute Gasteiger partial charge is 0.372 e. The van der Waals surface area contributed by atoms with Crippen LogP contribution in [-0.4, -0.2) is 11.9 Å². The number of amides is 1. The second-order valence-electron chi connectivity index (χ2n) is 6.70. The molecule has 4 heteroatoms. The van der Waals surface area contributed by atoms with Crippen LogP contribution in [0.2, 0.25) is 0 Å². The molecule has 0 aliphatic carbocycles. The van der Waals surface area contributed by atoms with E-state index in [1.807, 2.05) is 54.6 Å². The molecule has 0 aliphatic heterocycles. The minimum Gasteiger partial charge on any atom is -0.372 e. The van der Waals surface area contributed by atoms with Crippen molar-refractivity contribution in [2.45, 2.75) is 46.1 Å². The average molecular weight is 340 g/mol. The molecule has 0 aliphatic rings. The molecule has 134 valence electrons. The van der Waals surface area contributed by atoms with E-state index in [1.54, 1.807) is 0 Å². The van der Waals surface area contributed by atoms with Crippen molar-refractivity contribution in [3.05, 3.63) is 71.3 Å². The SMILES string of the molecule is CC(C)C[C@H](N)C(=O)NCc1ccccc1COCc1ccccc1. The molecule has 0 saturated heterocycles.